The second kappa shape index (κ2) is 12.4. The molecule has 0 amide bonds. The number of benzene rings is 2. The summed E-state index contributed by atoms with van der Waals surface area (Å²) < 4.78 is 32.6. The van der Waals surface area contributed by atoms with Crippen LogP contribution in [0.15, 0.2) is 48.5 Å². The number of halogens is 1. The van der Waals surface area contributed by atoms with Gasteiger partial charge in [0, 0.05) is 29.8 Å². The Morgan fingerprint density at radius 1 is 1.16 bits per heavy atom. The molecule has 0 unspecified atom stereocenters. The van der Waals surface area contributed by atoms with E-state index in [1.54, 1.807) is 30.3 Å². The van der Waals surface area contributed by atoms with E-state index in [2.05, 4.69) is 9.47 Å². The van der Waals surface area contributed by atoms with Gasteiger partial charge in [-0.25, -0.2) is 19.2 Å². The summed E-state index contributed by atoms with van der Waals surface area (Å²) in [6.07, 6.45) is 2.85. The maximum absolute atomic E-state index is 14.3. The molecule has 4 aromatic rings. The van der Waals surface area contributed by atoms with E-state index in [4.69, 9.17) is 29.4 Å². The first-order valence-corrected chi connectivity index (χ1v) is 14.3. The number of piperidine rings is 1. The fourth-order valence-electron chi connectivity index (χ4n) is 5.67. The molecule has 0 aliphatic carbocycles. The summed E-state index contributed by atoms with van der Waals surface area (Å²) in [6.45, 7) is 3.64. The lowest BCUT2D eigenvalue weighted by atomic mass is 9.93. The first-order chi connectivity index (χ1) is 20.9. The summed E-state index contributed by atoms with van der Waals surface area (Å²) in [5.74, 6) is 0.236. The zero-order chi connectivity index (χ0) is 29.9. The van der Waals surface area contributed by atoms with E-state index in [1.807, 2.05) is 18.2 Å². The van der Waals surface area contributed by atoms with Crippen molar-refractivity contribution in [2.24, 2.45) is 0 Å². The number of carbonyl (C=O) groups excluding carboxylic acids is 1. The number of fused-ring (bicyclic) bond motifs is 1. The first-order valence-electron chi connectivity index (χ1n) is 14.3. The molecule has 2 aromatic heterocycles. The number of aromatic hydroxyl groups is 1. The molecule has 0 spiro atoms. The molecule has 6 rings (SSSR count). The summed E-state index contributed by atoms with van der Waals surface area (Å²) >= 11 is 0. The molecule has 11 heteroatoms. The summed E-state index contributed by atoms with van der Waals surface area (Å²) in [5, 5.41) is 19.8. The van der Waals surface area contributed by atoms with Crippen molar-refractivity contribution in [1.29, 1.82) is 5.26 Å². The number of ether oxygens (including phenoxy) is 3. The van der Waals surface area contributed by atoms with Crippen molar-refractivity contribution in [3.63, 3.8) is 0 Å². The lowest BCUT2D eigenvalue weighted by Crippen LogP contribution is -2.35. The molecule has 43 heavy (non-hydrogen) atoms. The van der Waals surface area contributed by atoms with Crippen LogP contribution in [0, 0.1) is 17.1 Å². The average molecular weight is 586 g/mol. The number of likely N-dealkylation sites (tertiary alicyclic amines) is 1. The van der Waals surface area contributed by atoms with Crippen LogP contribution in [0.1, 0.15) is 58.2 Å². The van der Waals surface area contributed by atoms with Gasteiger partial charge < -0.3 is 23.9 Å². The molecule has 2 aliphatic heterocycles. The molecular weight excluding hydrogens is 553 g/mol. The van der Waals surface area contributed by atoms with Gasteiger partial charge in [0.25, 0.3) is 0 Å². The Kier molecular flexibility index (Phi) is 8.22. The van der Waals surface area contributed by atoms with Crippen LogP contribution in [0.5, 0.6) is 11.6 Å². The zero-order valence-corrected chi connectivity index (χ0v) is 23.8. The highest BCUT2D eigenvalue weighted by Crippen LogP contribution is 2.33. The van der Waals surface area contributed by atoms with Crippen LogP contribution in [0.25, 0.3) is 11.0 Å². The van der Waals surface area contributed by atoms with E-state index in [1.165, 1.54) is 13.2 Å². The van der Waals surface area contributed by atoms with E-state index < -0.39 is 11.8 Å². The minimum Gasteiger partial charge on any atom is -0.505 e. The Morgan fingerprint density at radius 2 is 1.98 bits per heavy atom. The van der Waals surface area contributed by atoms with Crippen LogP contribution in [0.3, 0.4) is 0 Å². The average Bonchev–Trinajstić information content (AvgIpc) is 3.36. The van der Waals surface area contributed by atoms with E-state index >= 15 is 0 Å². The van der Waals surface area contributed by atoms with Gasteiger partial charge in [0.05, 0.1) is 43.5 Å². The van der Waals surface area contributed by atoms with Crippen molar-refractivity contribution in [2.45, 2.75) is 51.0 Å². The minimum atomic E-state index is -0.607. The number of esters is 1. The number of carbonyl (C=O) groups is 1. The standard InChI is InChI=1S/C32H32FN5O5/c1-41-32(40)24-7-8-27-30(31(24)39)36-28(38(27)17-23-11-14-42-23)18-37-12-9-21(10-13-37)26-3-2-4-29(35-26)43-19-22-6-5-20(16-34)15-25(22)33/h2-8,15,21,23,39H,9-14,17-19H2,1H3/t23-/m0/s1. The zero-order valence-electron chi connectivity index (χ0n) is 23.8. The summed E-state index contributed by atoms with van der Waals surface area (Å²) in [7, 11) is 1.28. The van der Waals surface area contributed by atoms with Gasteiger partial charge in [-0.1, -0.05) is 12.1 Å². The van der Waals surface area contributed by atoms with Gasteiger partial charge in [-0.3, -0.25) is 4.90 Å². The molecule has 222 valence electrons. The monoisotopic (exact) mass is 585 g/mol. The number of hydrogen-bond acceptors (Lipinski definition) is 9. The third-order valence-corrected chi connectivity index (χ3v) is 8.23. The van der Waals surface area contributed by atoms with Crippen molar-refractivity contribution < 1.29 is 28.5 Å². The Morgan fingerprint density at radius 3 is 2.67 bits per heavy atom. The van der Waals surface area contributed by atoms with E-state index in [0.29, 0.717) is 30.0 Å². The summed E-state index contributed by atoms with van der Waals surface area (Å²) in [5.41, 5.74) is 2.80. The molecule has 2 fully saturated rings. The third kappa shape index (κ3) is 6.02. The van der Waals surface area contributed by atoms with Crippen molar-refractivity contribution in [3.05, 3.63) is 82.6 Å². The van der Waals surface area contributed by atoms with Crippen LogP contribution in [0.2, 0.25) is 0 Å². The Labute approximate surface area is 248 Å². The van der Waals surface area contributed by atoms with Crippen LogP contribution >= 0.6 is 0 Å². The molecule has 2 saturated heterocycles. The van der Waals surface area contributed by atoms with E-state index in [9.17, 15) is 14.3 Å². The van der Waals surface area contributed by atoms with Gasteiger partial charge in [-0.05, 0) is 62.7 Å². The number of rotatable bonds is 9. The van der Waals surface area contributed by atoms with Gasteiger partial charge in [-0.15, -0.1) is 0 Å². The maximum atomic E-state index is 14.3. The second-order valence-electron chi connectivity index (χ2n) is 10.9. The van der Waals surface area contributed by atoms with Crippen molar-refractivity contribution in [1.82, 2.24) is 19.4 Å². The normalized spacial score (nSPS) is 17.4. The van der Waals surface area contributed by atoms with Crippen LogP contribution < -0.4 is 4.74 Å². The minimum absolute atomic E-state index is 0.0238. The Hall–Kier alpha value is -4.53. The van der Waals surface area contributed by atoms with Crippen LogP contribution in [-0.4, -0.2) is 63.4 Å². The topological polar surface area (TPSA) is 123 Å². The van der Waals surface area contributed by atoms with Crippen LogP contribution in [0.4, 0.5) is 4.39 Å². The molecule has 2 aromatic carbocycles. The number of nitrogens with zero attached hydrogens (tertiary/aromatic N) is 5. The van der Waals surface area contributed by atoms with Crippen LogP contribution in [-0.2, 0) is 29.2 Å². The van der Waals surface area contributed by atoms with Crippen molar-refractivity contribution in [3.8, 4) is 17.7 Å². The number of phenols is 1. The molecule has 0 radical (unpaired) electrons. The Bertz CT molecular complexity index is 1690. The largest absolute Gasteiger partial charge is 0.505 e. The summed E-state index contributed by atoms with van der Waals surface area (Å²) in [6, 6.07) is 15.3. The Balaban J connectivity index is 1.12. The first kappa shape index (κ1) is 28.6. The molecule has 0 saturated carbocycles. The highest BCUT2D eigenvalue weighted by molar-refractivity contribution is 5.99. The molecule has 10 nitrogen and oxygen atoms in total. The number of pyridine rings is 1. The second-order valence-corrected chi connectivity index (χ2v) is 10.9. The van der Waals surface area contributed by atoms with Gasteiger partial charge in [0.2, 0.25) is 5.88 Å². The highest BCUT2D eigenvalue weighted by Gasteiger charge is 2.27. The number of imidazole rings is 1. The predicted molar refractivity (Wildman–Crippen MR) is 154 cm³/mol. The fraction of sp³-hybridized carbons (Fsp3) is 0.375. The molecule has 0 bridgehead atoms. The SMILES string of the molecule is COC(=O)c1ccc2c(nc(CN3CCC(c4cccc(OCc5ccc(C#N)cc5F)n4)CC3)n2C[C@@H]2CCO2)c1O. The lowest BCUT2D eigenvalue weighted by molar-refractivity contribution is -0.0592. The number of hydrogen-bond donors (Lipinski definition) is 1. The van der Waals surface area contributed by atoms with Gasteiger partial charge >= 0.3 is 5.97 Å². The smallest absolute Gasteiger partial charge is 0.341 e. The molecule has 2 aliphatic rings. The molecule has 1 atom stereocenters. The number of nitriles is 1. The molecular formula is C32H32FN5O5. The van der Waals surface area contributed by atoms with Gasteiger partial charge in [-0.2, -0.15) is 5.26 Å². The molecule has 1 N–H and O–H groups in total. The fourth-order valence-corrected chi connectivity index (χ4v) is 5.67. The van der Waals surface area contributed by atoms with Gasteiger partial charge in [0.15, 0.2) is 5.75 Å². The number of aromatic nitrogens is 3. The van der Waals surface area contributed by atoms with E-state index in [-0.39, 0.29) is 35.5 Å². The van der Waals surface area contributed by atoms with Gasteiger partial charge in [0.1, 0.15) is 29.3 Å². The maximum Gasteiger partial charge on any atom is 0.341 e. The number of methoxy groups -OCH3 is 1. The predicted octanol–water partition coefficient (Wildman–Crippen LogP) is 4.68. The highest BCUT2D eigenvalue weighted by atomic mass is 19.1. The molecule has 4 heterocycles. The third-order valence-electron chi connectivity index (χ3n) is 8.23. The van der Waals surface area contributed by atoms with Crippen molar-refractivity contribution in [2.75, 3.05) is 26.8 Å². The number of phenolic OH excluding ortho intramolecular Hbond substituents is 1. The van der Waals surface area contributed by atoms with E-state index in [0.717, 1.165) is 56.0 Å². The van der Waals surface area contributed by atoms with Crippen molar-refractivity contribution >= 4 is 17.0 Å². The quantitative estimate of drug-likeness (QED) is 0.279. The summed E-state index contributed by atoms with van der Waals surface area (Å²) in [4.78, 5) is 24.0. The lowest BCUT2D eigenvalue weighted by Gasteiger charge is -2.32.